The number of hydrogen-bond donors (Lipinski definition) is 0. The minimum absolute atomic E-state index is 0.0854. The van der Waals surface area contributed by atoms with Crippen molar-refractivity contribution in [2.75, 3.05) is 6.61 Å². The summed E-state index contributed by atoms with van der Waals surface area (Å²) < 4.78 is 41.8. The Balaban J connectivity index is 2.06. The second-order valence-electron chi connectivity index (χ2n) is 5.82. The SMILES string of the molecule is C[C@@H](C/C=C(\I)C(F)(F)F)C(=O)N1C(=O)OC[C@H]1Cc1ccccc1. The predicted molar refractivity (Wildman–Crippen MR) is 94.1 cm³/mol. The van der Waals surface area contributed by atoms with E-state index in [2.05, 4.69) is 0 Å². The van der Waals surface area contributed by atoms with Gasteiger partial charge in [0.15, 0.2) is 0 Å². The molecule has 2 amide bonds. The summed E-state index contributed by atoms with van der Waals surface area (Å²) in [5.41, 5.74) is 0.947. The van der Waals surface area contributed by atoms with Gasteiger partial charge in [-0.3, -0.25) is 4.79 Å². The molecule has 1 saturated heterocycles. The van der Waals surface area contributed by atoms with Gasteiger partial charge in [0, 0.05) is 5.92 Å². The van der Waals surface area contributed by atoms with E-state index in [-0.39, 0.29) is 13.0 Å². The van der Waals surface area contributed by atoms with Crippen LogP contribution < -0.4 is 0 Å². The first kappa shape index (κ1) is 19.7. The molecule has 1 heterocycles. The maximum Gasteiger partial charge on any atom is 0.421 e. The number of allylic oxidation sites excluding steroid dienone is 2. The molecule has 1 aliphatic rings. The fraction of sp³-hybridized carbons (Fsp3) is 0.412. The van der Waals surface area contributed by atoms with E-state index in [9.17, 15) is 22.8 Å². The highest BCUT2D eigenvalue weighted by Crippen LogP contribution is 2.31. The summed E-state index contributed by atoms with van der Waals surface area (Å²) in [7, 11) is 0. The molecule has 0 spiro atoms. The van der Waals surface area contributed by atoms with E-state index in [1.807, 2.05) is 30.3 Å². The third kappa shape index (κ3) is 5.20. The fourth-order valence-corrected chi connectivity index (χ4v) is 2.76. The van der Waals surface area contributed by atoms with E-state index in [1.54, 1.807) is 0 Å². The predicted octanol–water partition coefficient (Wildman–Crippen LogP) is 4.48. The lowest BCUT2D eigenvalue weighted by molar-refractivity contribution is -0.132. The van der Waals surface area contributed by atoms with Gasteiger partial charge < -0.3 is 4.74 Å². The number of halogens is 4. The minimum atomic E-state index is -4.42. The number of imide groups is 1. The number of alkyl halides is 3. The summed E-state index contributed by atoms with van der Waals surface area (Å²) in [6, 6.07) is 8.87. The molecule has 1 fully saturated rings. The Morgan fingerprint density at radius 2 is 2.04 bits per heavy atom. The highest BCUT2D eigenvalue weighted by molar-refractivity contribution is 14.1. The number of rotatable bonds is 5. The van der Waals surface area contributed by atoms with Crippen molar-refractivity contribution in [1.29, 1.82) is 0 Å². The van der Waals surface area contributed by atoms with Crippen LogP contribution in [0.2, 0.25) is 0 Å². The lowest BCUT2D eigenvalue weighted by Crippen LogP contribution is -2.42. The molecule has 0 radical (unpaired) electrons. The molecule has 0 unspecified atom stereocenters. The molecule has 0 bridgehead atoms. The number of benzene rings is 1. The van der Waals surface area contributed by atoms with Gasteiger partial charge in [0.25, 0.3) is 0 Å². The molecule has 0 aliphatic carbocycles. The van der Waals surface area contributed by atoms with Crippen LogP contribution in [-0.2, 0) is 16.0 Å². The zero-order valence-corrected chi connectivity index (χ0v) is 15.6. The van der Waals surface area contributed by atoms with E-state index in [1.165, 1.54) is 29.5 Å². The summed E-state index contributed by atoms with van der Waals surface area (Å²) in [5, 5.41) is 0. The third-order valence-electron chi connectivity index (χ3n) is 3.86. The topological polar surface area (TPSA) is 46.6 Å². The second kappa shape index (κ2) is 8.20. The summed E-state index contributed by atoms with van der Waals surface area (Å²) in [6.45, 7) is 1.59. The Morgan fingerprint density at radius 3 is 2.64 bits per heavy atom. The Hall–Kier alpha value is -1.58. The largest absolute Gasteiger partial charge is 0.447 e. The van der Waals surface area contributed by atoms with Crippen LogP contribution in [-0.4, -0.2) is 35.7 Å². The highest BCUT2D eigenvalue weighted by atomic mass is 127. The first-order chi connectivity index (χ1) is 11.7. The average Bonchev–Trinajstić information content (AvgIpc) is 2.92. The number of nitrogens with zero attached hydrogens (tertiary/aromatic N) is 1. The van der Waals surface area contributed by atoms with Gasteiger partial charge >= 0.3 is 12.3 Å². The molecule has 25 heavy (non-hydrogen) atoms. The lowest BCUT2D eigenvalue weighted by atomic mass is 10.0. The van der Waals surface area contributed by atoms with Gasteiger partial charge in [0.1, 0.15) is 6.61 Å². The molecule has 1 aromatic rings. The van der Waals surface area contributed by atoms with E-state index in [4.69, 9.17) is 4.74 Å². The van der Waals surface area contributed by atoms with E-state index in [0.717, 1.165) is 16.5 Å². The van der Waals surface area contributed by atoms with E-state index >= 15 is 0 Å². The van der Waals surface area contributed by atoms with Gasteiger partial charge in [-0.15, -0.1) is 0 Å². The second-order valence-corrected chi connectivity index (χ2v) is 6.98. The van der Waals surface area contributed by atoms with Gasteiger partial charge in [-0.1, -0.05) is 43.3 Å². The smallest absolute Gasteiger partial charge is 0.421 e. The van der Waals surface area contributed by atoms with Gasteiger partial charge in [-0.25, -0.2) is 9.69 Å². The van der Waals surface area contributed by atoms with Crippen LogP contribution in [0.3, 0.4) is 0 Å². The van der Waals surface area contributed by atoms with Crippen molar-refractivity contribution in [2.45, 2.75) is 32.0 Å². The normalized spacial score (nSPS) is 19.7. The molecule has 0 aromatic heterocycles. The first-order valence-electron chi connectivity index (χ1n) is 7.66. The Bertz CT molecular complexity index is 661. The minimum Gasteiger partial charge on any atom is -0.447 e. The molecular weight excluding hydrogens is 450 g/mol. The third-order valence-corrected chi connectivity index (χ3v) is 4.91. The zero-order chi connectivity index (χ0) is 18.6. The van der Waals surface area contributed by atoms with Crippen LogP contribution >= 0.6 is 22.6 Å². The van der Waals surface area contributed by atoms with Crippen molar-refractivity contribution in [3.63, 3.8) is 0 Å². The fourth-order valence-electron chi connectivity index (χ4n) is 2.50. The Labute approximate surface area is 157 Å². The molecular formula is C17H17F3INO3. The van der Waals surface area contributed by atoms with Crippen molar-refractivity contribution >= 4 is 34.6 Å². The van der Waals surface area contributed by atoms with Crippen LogP contribution in [0.5, 0.6) is 0 Å². The molecule has 0 saturated carbocycles. The monoisotopic (exact) mass is 467 g/mol. The summed E-state index contributed by atoms with van der Waals surface area (Å²) in [5.74, 6) is -1.28. The van der Waals surface area contributed by atoms with Crippen LogP contribution in [0.4, 0.5) is 18.0 Å². The number of carbonyl (C=O) groups excluding carboxylic acids is 2. The number of ether oxygens (including phenoxy) is 1. The van der Waals surface area contributed by atoms with Crippen LogP contribution in [0.25, 0.3) is 0 Å². The van der Waals surface area contributed by atoms with Gasteiger partial charge in [0.2, 0.25) is 5.91 Å². The maximum absolute atomic E-state index is 12.5. The molecule has 4 nitrogen and oxygen atoms in total. The lowest BCUT2D eigenvalue weighted by Gasteiger charge is -2.22. The van der Waals surface area contributed by atoms with Gasteiger partial charge in [0.05, 0.1) is 9.62 Å². The summed E-state index contributed by atoms with van der Waals surface area (Å²) in [4.78, 5) is 25.5. The van der Waals surface area contributed by atoms with Crippen molar-refractivity contribution in [1.82, 2.24) is 4.90 Å². The molecule has 1 aliphatic heterocycles. The molecule has 136 valence electrons. The maximum atomic E-state index is 12.5. The zero-order valence-electron chi connectivity index (χ0n) is 13.4. The standard InChI is InChI=1S/C17H17F3INO3/c1-11(7-8-14(21)17(18,19)20)15(23)22-13(10-25-16(22)24)9-12-5-3-2-4-6-12/h2-6,8,11,13H,7,9-10H2,1H3/b14-8-/t11-,13+/m0/s1. The van der Waals surface area contributed by atoms with Crippen LogP contribution in [0, 0.1) is 5.92 Å². The van der Waals surface area contributed by atoms with Crippen molar-refractivity contribution in [3.05, 3.63) is 45.6 Å². The average molecular weight is 467 g/mol. The quantitative estimate of drug-likeness (QED) is 0.600. The Morgan fingerprint density at radius 1 is 1.40 bits per heavy atom. The van der Waals surface area contributed by atoms with Crippen molar-refractivity contribution in [3.8, 4) is 0 Å². The number of carbonyl (C=O) groups is 2. The Kier molecular flexibility index (Phi) is 6.47. The van der Waals surface area contributed by atoms with Crippen molar-refractivity contribution in [2.24, 2.45) is 5.92 Å². The molecule has 2 atom stereocenters. The number of amides is 2. The first-order valence-corrected chi connectivity index (χ1v) is 8.74. The molecule has 8 heteroatoms. The molecule has 2 rings (SSSR count). The highest BCUT2D eigenvalue weighted by Gasteiger charge is 2.39. The van der Waals surface area contributed by atoms with E-state index < -0.39 is 33.7 Å². The number of hydrogen-bond acceptors (Lipinski definition) is 3. The van der Waals surface area contributed by atoms with Crippen LogP contribution in [0.1, 0.15) is 18.9 Å². The van der Waals surface area contributed by atoms with E-state index in [0.29, 0.717) is 6.42 Å². The molecule has 1 aromatic carbocycles. The molecule has 0 N–H and O–H groups in total. The van der Waals surface area contributed by atoms with Crippen LogP contribution in [0.15, 0.2) is 40.0 Å². The number of cyclic esters (lactones) is 1. The summed E-state index contributed by atoms with van der Waals surface area (Å²) >= 11 is 1.20. The van der Waals surface area contributed by atoms with Gasteiger partial charge in [-0.2, -0.15) is 13.2 Å². The summed E-state index contributed by atoms with van der Waals surface area (Å²) in [6.07, 6.45) is -3.85. The van der Waals surface area contributed by atoms with Gasteiger partial charge in [-0.05, 0) is 41.0 Å². The van der Waals surface area contributed by atoms with Crippen molar-refractivity contribution < 1.29 is 27.5 Å².